The third-order valence-corrected chi connectivity index (χ3v) is 2.83. The Labute approximate surface area is 106 Å². The Kier molecular flexibility index (Phi) is 3.09. The van der Waals surface area contributed by atoms with Gasteiger partial charge in [0.1, 0.15) is 5.15 Å². The van der Waals surface area contributed by atoms with E-state index in [4.69, 9.17) is 23.2 Å². The number of ketones is 1. The van der Waals surface area contributed by atoms with Crippen LogP contribution in [0.25, 0.3) is 10.9 Å². The number of esters is 1. The van der Waals surface area contributed by atoms with Crippen LogP contribution >= 0.6 is 23.2 Å². The minimum absolute atomic E-state index is 0.0951. The Hall–Kier alpha value is -1.52. The highest BCUT2D eigenvalue weighted by atomic mass is 35.5. The molecule has 0 saturated heterocycles. The topological polar surface area (TPSA) is 59.2 Å². The molecule has 0 unspecified atom stereocenters. The molecule has 0 bridgehead atoms. The molecule has 0 fully saturated rings. The summed E-state index contributed by atoms with van der Waals surface area (Å²) in [5.74, 6) is -1.74. The number of halogens is 2. The smallest absolute Gasteiger partial charge is 0.379 e. The summed E-state index contributed by atoms with van der Waals surface area (Å²) in [6.45, 7) is 0. The van der Waals surface area contributed by atoms with Gasteiger partial charge in [-0.25, -0.2) is 4.79 Å². The number of Topliss-reactive ketones (excluding diaryl/α,β-unsaturated/α-hetero) is 1. The van der Waals surface area contributed by atoms with Crippen molar-refractivity contribution in [2.24, 2.45) is 0 Å². The largest absolute Gasteiger partial charge is 0.463 e. The van der Waals surface area contributed by atoms with E-state index in [9.17, 15) is 9.59 Å². The van der Waals surface area contributed by atoms with E-state index in [0.717, 1.165) is 7.11 Å². The van der Waals surface area contributed by atoms with E-state index >= 15 is 0 Å². The zero-order chi connectivity index (χ0) is 12.6. The highest BCUT2D eigenvalue weighted by Gasteiger charge is 2.24. The Morgan fingerprint density at radius 1 is 1.29 bits per heavy atom. The molecule has 6 heteroatoms. The molecule has 0 spiro atoms. The number of carbonyl (C=O) groups is 2. The maximum Gasteiger partial charge on any atom is 0.379 e. The van der Waals surface area contributed by atoms with Gasteiger partial charge in [-0.3, -0.25) is 4.79 Å². The molecule has 4 nitrogen and oxygen atoms in total. The van der Waals surface area contributed by atoms with Gasteiger partial charge < -0.3 is 9.72 Å². The molecular weight excluding hydrogens is 265 g/mol. The molecule has 0 saturated carbocycles. The van der Waals surface area contributed by atoms with Crippen molar-refractivity contribution >= 4 is 45.9 Å². The number of methoxy groups -OCH3 is 1. The second kappa shape index (κ2) is 4.39. The summed E-state index contributed by atoms with van der Waals surface area (Å²) in [6, 6.07) is 4.86. The van der Waals surface area contributed by atoms with Gasteiger partial charge >= 0.3 is 5.97 Å². The molecule has 1 aromatic heterocycles. The Morgan fingerprint density at radius 2 is 2.00 bits per heavy atom. The van der Waals surface area contributed by atoms with Gasteiger partial charge in [0.2, 0.25) is 0 Å². The van der Waals surface area contributed by atoms with Gasteiger partial charge in [0, 0.05) is 15.9 Å². The maximum atomic E-state index is 11.7. The first kappa shape index (κ1) is 12.0. The number of ether oxygens (including phenoxy) is 1. The van der Waals surface area contributed by atoms with Crippen LogP contribution in [0.4, 0.5) is 0 Å². The van der Waals surface area contributed by atoms with Crippen molar-refractivity contribution in [3.8, 4) is 0 Å². The standard InChI is InChI=1S/C11H7Cl2NO3/c1-17-11(16)9(15)8-6-3-2-5(12)4-7(6)14-10(8)13/h2-4,14H,1H3. The first-order valence-electron chi connectivity index (χ1n) is 4.64. The van der Waals surface area contributed by atoms with Gasteiger partial charge in [0.05, 0.1) is 12.7 Å². The molecular formula is C11H7Cl2NO3. The van der Waals surface area contributed by atoms with E-state index < -0.39 is 11.8 Å². The van der Waals surface area contributed by atoms with Crippen molar-refractivity contribution in [1.82, 2.24) is 4.98 Å². The predicted molar refractivity (Wildman–Crippen MR) is 64.7 cm³/mol. The molecule has 0 radical (unpaired) electrons. The fourth-order valence-corrected chi connectivity index (χ4v) is 2.02. The van der Waals surface area contributed by atoms with Crippen molar-refractivity contribution in [1.29, 1.82) is 0 Å². The Morgan fingerprint density at radius 3 is 2.65 bits per heavy atom. The Balaban J connectivity index is 2.65. The van der Waals surface area contributed by atoms with Crippen LogP contribution in [0.1, 0.15) is 10.4 Å². The van der Waals surface area contributed by atoms with Crippen molar-refractivity contribution in [2.75, 3.05) is 7.11 Å². The van der Waals surface area contributed by atoms with Crippen LogP contribution in [0.15, 0.2) is 18.2 Å². The van der Waals surface area contributed by atoms with Crippen LogP contribution in [0.3, 0.4) is 0 Å². The van der Waals surface area contributed by atoms with Crippen LogP contribution < -0.4 is 0 Å². The number of nitrogens with one attached hydrogen (secondary N) is 1. The van der Waals surface area contributed by atoms with E-state index in [-0.39, 0.29) is 10.7 Å². The second-order valence-corrected chi connectivity index (χ2v) is 4.14. The number of hydrogen-bond donors (Lipinski definition) is 1. The summed E-state index contributed by atoms with van der Waals surface area (Å²) in [5.41, 5.74) is 0.694. The fraction of sp³-hybridized carbons (Fsp3) is 0.0909. The first-order valence-corrected chi connectivity index (χ1v) is 5.39. The molecule has 2 aromatic rings. The van der Waals surface area contributed by atoms with E-state index in [2.05, 4.69) is 9.72 Å². The molecule has 1 aromatic carbocycles. The molecule has 2 rings (SSSR count). The van der Waals surface area contributed by atoms with E-state index in [1.54, 1.807) is 18.2 Å². The lowest BCUT2D eigenvalue weighted by atomic mass is 10.1. The first-order chi connectivity index (χ1) is 8.04. The Bertz CT molecular complexity index is 618. The van der Waals surface area contributed by atoms with Crippen LogP contribution in [-0.2, 0) is 9.53 Å². The third kappa shape index (κ3) is 2.01. The molecule has 0 atom stereocenters. The molecule has 1 heterocycles. The number of benzene rings is 1. The van der Waals surface area contributed by atoms with Crippen molar-refractivity contribution in [3.05, 3.63) is 33.9 Å². The van der Waals surface area contributed by atoms with Crippen LogP contribution in [0.2, 0.25) is 10.2 Å². The van der Waals surface area contributed by atoms with Crippen molar-refractivity contribution in [2.45, 2.75) is 0 Å². The number of aromatic amines is 1. The monoisotopic (exact) mass is 271 g/mol. The van der Waals surface area contributed by atoms with Crippen LogP contribution in [-0.4, -0.2) is 23.8 Å². The zero-order valence-corrected chi connectivity index (χ0v) is 10.2. The van der Waals surface area contributed by atoms with Gasteiger partial charge in [-0.2, -0.15) is 0 Å². The number of rotatable bonds is 2. The summed E-state index contributed by atoms with van der Waals surface area (Å²) < 4.78 is 4.38. The summed E-state index contributed by atoms with van der Waals surface area (Å²) in [7, 11) is 1.14. The summed E-state index contributed by atoms with van der Waals surface area (Å²) >= 11 is 11.7. The van der Waals surface area contributed by atoms with Crippen LogP contribution in [0, 0.1) is 0 Å². The van der Waals surface area contributed by atoms with E-state index in [1.165, 1.54) is 0 Å². The minimum atomic E-state index is -0.956. The fourth-order valence-electron chi connectivity index (χ4n) is 1.55. The quantitative estimate of drug-likeness (QED) is 0.519. The van der Waals surface area contributed by atoms with E-state index in [0.29, 0.717) is 15.9 Å². The van der Waals surface area contributed by atoms with Crippen LogP contribution in [0.5, 0.6) is 0 Å². The van der Waals surface area contributed by atoms with Gasteiger partial charge in [-0.05, 0) is 12.1 Å². The molecule has 0 aliphatic carbocycles. The van der Waals surface area contributed by atoms with E-state index in [1.807, 2.05) is 0 Å². The SMILES string of the molecule is COC(=O)C(=O)c1c(Cl)[nH]c2cc(Cl)ccc12. The number of carbonyl (C=O) groups excluding carboxylic acids is 2. The predicted octanol–water partition coefficient (Wildman–Crippen LogP) is 2.83. The van der Waals surface area contributed by atoms with Gasteiger partial charge in [-0.1, -0.05) is 29.3 Å². The van der Waals surface area contributed by atoms with Crippen molar-refractivity contribution < 1.29 is 14.3 Å². The highest BCUT2D eigenvalue weighted by molar-refractivity contribution is 6.48. The van der Waals surface area contributed by atoms with Gasteiger partial charge in [0.25, 0.3) is 5.78 Å². The van der Waals surface area contributed by atoms with Gasteiger partial charge in [0.15, 0.2) is 0 Å². The molecule has 88 valence electrons. The second-order valence-electron chi connectivity index (χ2n) is 3.32. The summed E-state index contributed by atoms with van der Waals surface area (Å²) in [6.07, 6.45) is 0. The lowest BCUT2D eigenvalue weighted by Crippen LogP contribution is -2.15. The number of hydrogen-bond acceptors (Lipinski definition) is 3. The van der Waals surface area contributed by atoms with Crippen molar-refractivity contribution in [3.63, 3.8) is 0 Å². The summed E-state index contributed by atoms with van der Waals surface area (Å²) in [5, 5.41) is 1.14. The maximum absolute atomic E-state index is 11.7. The lowest BCUT2D eigenvalue weighted by molar-refractivity contribution is -0.135. The minimum Gasteiger partial charge on any atom is -0.463 e. The molecule has 0 amide bonds. The summed E-state index contributed by atoms with van der Waals surface area (Å²) in [4.78, 5) is 25.7. The molecule has 0 aliphatic heterocycles. The third-order valence-electron chi connectivity index (χ3n) is 2.31. The highest BCUT2D eigenvalue weighted by Crippen LogP contribution is 2.28. The zero-order valence-electron chi connectivity index (χ0n) is 8.71. The average Bonchev–Trinajstić information content (AvgIpc) is 2.62. The normalized spacial score (nSPS) is 10.5. The average molecular weight is 272 g/mol. The van der Waals surface area contributed by atoms with Gasteiger partial charge in [-0.15, -0.1) is 0 Å². The molecule has 17 heavy (non-hydrogen) atoms. The number of aromatic nitrogens is 1. The molecule has 0 aliphatic rings. The number of fused-ring (bicyclic) bond motifs is 1. The molecule has 1 N–H and O–H groups in total. The number of H-pyrrole nitrogens is 1. The lowest BCUT2D eigenvalue weighted by Gasteiger charge is -1.98.